The lowest BCUT2D eigenvalue weighted by Crippen LogP contribution is -2.40. The van der Waals surface area contributed by atoms with Gasteiger partial charge < -0.3 is 4.74 Å². The van der Waals surface area contributed by atoms with Crippen molar-refractivity contribution < 1.29 is 9.53 Å². The molecule has 12 heavy (non-hydrogen) atoms. The highest BCUT2D eigenvalue weighted by Gasteiger charge is 2.14. The summed E-state index contributed by atoms with van der Waals surface area (Å²) in [5.74, 6) is 2.21. The average Bonchev–Trinajstić information content (AvgIpc) is 2.04. The lowest BCUT2D eigenvalue weighted by Gasteiger charge is -2.14. The number of nitrogens with one attached hydrogen (secondary N) is 1. The fourth-order valence-electron chi connectivity index (χ4n) is 0.758. The Kier molecular flexibility index (Phi) is 5.14. The molecule has 0 saturated heterocycles. The van der Waals surface area contributed by atoms with E-state index in [-0.39, 0.29) is 18.1 Å². The van der Waals surface area contributed by atoms with Crippen LogP contribution in [0, 0.1) is 12.3 Å². The zero-order chi connectivity index (χ0) is 9.56. The molecule has 0 aliphatic heterocycles. The van der Waals surface area contributed by atoms with E-state index in [9.17, 15) is 4.79 Å². The van der Waals surface area contributed by atoms with Crippen LogP contribution in [-0.2, 0) is 9.53 Å². The number of terminal acetylenes is 1. The predicted octanol–water partition coefficient (Wildman–Crippen LogP) is 0.549. The van der Waals surface area contributed by atoms with Gasteiger partial charge in [-0.2, -0.15) is 0 Å². The summed E-state index contributed by atoms with van der Waals surface area (Å²) in [6.07, 6.45) is 5.13. The summed E-state index contributed by atoms with van der Waals surface area (Å²) in [6, 6.07) is -0.444. The van der Waals surface area contributed by atoms with Crippen LogP contribution in [0.1, 0.15) is 20.8 Å². The van der Waals surface area contributed by atoms with Crippen LogP contribution in [0.4, 0.5) is 0 Å². The summed E-state index contributed by atoms with van der Waals surface area (Å²) in [5.41, 5.74) is 0. The SMILES string of the molecule is C#CC(C)NC(C)C(=O)OCC. The second-order valence-corrected chi connectivity index (χ2v) is 2.53. The van der Waals surface area contributed by atoms with Crippen LogP contribution in [0.5, 0.6) is 0 Å². The Balaban J connectivity index is 3.80. The molecule has 0 spiro atoms. The van der Waals surface area contributed by atoms with E-state index in [1.165, 1.54) is 0 Å². The summed E-state index contributed by atoms with van der Waals surface area (Å²) >= 11 is 0. The average molecular weight is 169 g/mol. The van der Waals surface area contributed by atoms with Crippen LogP contribution in [0.2, 0.25) is 0 Å². The van der Waals surface area contributed by atoms with Crippen molar-refractivity contribution in [3.8, 4) is 12.3 Å². The molecule has 0 saturated carbocycles. The second kappa shape index (κ2) is 5.62. The third-order valence-corrected chi connectivity index (χ3v) is 1.39. The zero-order valence-corrected chi connectivity index (χ0v) is 7.76. The largest absolute Gasteiger partial charge is 0.465 e. The molecule has 0 aliphatic carbocycles. The van der Waals surface area contributed by atoms with Crippen molar-refractivity contribution in [3.05, 3.63) is 0 Å². The van der Waals surface area contributed by atoms with Crippen LogP contribution in [0.15, 0.2) is 0 Å². The second-order valence-electron chi connectivity index (χ2n) is 2.53. The number of carbonyl (C=O) groups excluding carboxylic acids is 1. The van der Waals surface area contributed by atoms with Crippen LogP contribution >= 0.6 is 0 Å². The summed E-state index contributed by atoms with van der Waals surface area (Å²) in [5, 5.41) is 2.90. The molecule has 3 heteroatoms. The smallest absolute Gasteiger partial charge is 0.322 e. The number of ether oxygens (including phenoxy) is 1. The minimum absolute atomic E-state index is 0.107. The Morgan fingerprint density at radius 3 is 2.67 bits per heavy atom. The molecule has 0 bridgehead atoms. The molecule has 2 unspecified atom stereocenters. The van der Waals surface area contributed by atoms with Crippen molar-refractivity contribution in [2.45, 2.75) is 32.9 Å². The summed E-state index contributed by atoms with van der Waals surface area (Å²) in [6.45, 7) is 5.71. The van der Waals surface area contributed by atoms with E-state index in [0.29, 0.717) is 6.61 Å². The molecular weight excluding hydrogens is 154 g/mol. The van der Waals surface area contributed by atoms with Crippen molar-refractivity contribution in [3.63, 3.8) is 0 Å². The van der Waals surface area contributed by atoms with E-state index < -0.39 is 0 Å². The quantitative estimate of drug-likeness (QED) is 0.493. The molecule has 0 aromatic carbocycles. The van der Waals surface area contributed by atoms with Crippen molar-refractivity contribution >= 4 is 5.97 Å². The molecule has 0 aromatic heterocycles. The standard InChI is InChI=1S/C9H15NO2/c1-5-7(3)10-8(4)9(11)12-6-2/h1,7-8,10H,6H2,2-4H3. The van der Waals surface area contributed by atoms with Gasteiger partial charge in [-0.3, -0.25) is 10.1 Å². The fourth-order valence-corrected chi connectivity index (χ4v) is 0.758. The van der Waals surface area contributed by atoms with Crippen LogP contribution in [0.3, 0.4) is 0 Å². The lowest BCUT2D eigenvalue weighted by atomic mass is 10.3. The lowest BCUT2D eigenvalue weighted by molar-refractivity contribution is -0.145. The first-order valence-electron chi connectivity index (χ1n) is 4.00. The molecule has 3 nitrogen and oxygen atoms in total. The molecule has 0 aliphatic rings. The predicted molar refractivity (Wildman–Crippen MR) is 47.5 cm³/mol. The van der Waals surface area contributed by atoms with Crippen LogP contribution in [-0.4, -0.2) is 24.7 Å². The van der Waals surface area contributed by atoms with Crippen LogP contribution < -0.4 is 5.32 Å². The Morgan fingerprint density at radius 1 is 1.67 bits per heavy atom. The van der Waals surface area contributed by atoms with Crippen molar-refractivity contribution in [2.24, 2.45) is 0 Å². The first-order valence-corrected chi connectivity index (χ1v) is 4.00. The van der Waals surface area contributed by atoms with E-state index in [4.69, 9.17) is 11.2 Å². The van der Waals surface area contributed by atoms with E-state index in [1.807, 2.05) is 6.92 Å². The molecule has 0 rings (SSSR count). The van der Waals surface area contributed by atoms with Gasteiger partial charge in [-0.25, -0.2) is 0 Å². The van der Waals surface area contributed by atoms with Crippen molar-refractivity contribution in [1.82, 2.24) is 5.32 Å². The normalized spacial score (nSPS) is 14.5. The van der Waals surface area contributed by atoms with Crippen LogP contribution in [0.25, 0.3) is 0 Å². The molecule has 0 amide bonds. The zero-order valence-electron chi connectivity index (χ0n) is 7.76. The Morgan fingerprint density at radius 2 is 2.25 bits per heavy atom. The van der Waals surface area contributed by atoms with E-state index in [2.05, 4.69) is 11.2 Å². The third-order valence-electron chi connectivity index (χ3n) is 1.39. The van der Waals surface area contributed by atoms with Gasteiger partial charge in [0.2, 0.25) is 0 Å². The molecule has 0 radical (unpaired) electrons. The van der Waals surface area contributed by atoms with Gasteiger partial charge in [0.05, 0.1) is 12.6 Å². The topological polar surface area (TPSA) is 38.3 Å². The van der Waals surface area contributed by atoms with Crippen molar-refractivity contribution in [1.29, 1.82) is 0 Å². The summed E-state index contributed by atoms with van der Waals surface area (Å²) in [7, 11) is 0. The highest BCUT2D eigenvalue weighted by molar-refractivity contribution is 5.75. The first-order chi connectivity index (χ1) is 5.61. The first kappa shape index (κ1) is 11.0. The fraction of sp³-hybridized carbons (Fsp3) is 0.667. The Labute approximate surface area is 73.5 Å². The van der Waals surface area contributed by atoms with Gasteiger partial charge >= 0.3 is 5.97 Å². The molecule has 0 heterocycles. The van der Waals surface area contributed by atoms with Gasteiger partial charge in [-0.05, 0) is 20.8 Å². The van der Waals surface area contributed by atoms with E-state index in [0.717, 1.165) is 0 Å². The number of hydrogen-bond acceptors (Lipinski definition) is 3. The molecule has 0 aromatic rings. The molecule has 0 fully saturated rings. The molecular formula is C9H15NO2. The maximum atomic E-state index is 11.0. The highest BCUT2D eigenvalue weighted by atomic mass is 16.5. The van der Waals surface area contributed by atoms with Gasteiger partial charge in [-0.15, -0.1) is 6.42 Å². The summed E-state index contributed by atoms with van der Waals surface area (Å²) in [4.78, 5) is 11.0. The highest BCUT2D eigenvalue weighted by Crippen LogP contribution is 1.90. The molecule has 2 atom stereocenters. The maximum Gasteiger partial charge on any atom is 0.322 e. The number of carbonyl (C=O) groups is 1. The number of hydrogen-bond donors (Lipinski definition) is 1. The van der Waals surface area contributed by atoms with Gasteiger partial charge in [0.1, 0.15) is 6.04 Å². The number of rotatable bonds is 4. The maximum absolute atomic E-state index is 11.0. The van der Waals surface area contributed by atoms with Crippen molar-refractivity contribution in [2.75, 3.05) is 6.61 Å². The van der Waals surface area contributed by atoms with E-state index in [1.54, 1.807) is 13.8 Å². The van der Waals surface area contributed by atoms with Gasteiger partial charge in [0.15, 0.2) is 0 Å². The Hall–Kier alpha value is -1.01. The molecule has 1 N–H and O–H groups in total. The van der Waals surface area contributed by atoms with E-state index >= 15 is 0 Å². The number of esters is 1. The molecule has 68 valence electrons. The Bertz CT molecular complexity index is 183. The minimum atomic E-state index is -0.337. The van der Waals surface area contributed by atoms with Gasteiger partial charge in [0.25, 0.3) is 0 Å². The monoisotopic (exact) mass is 169 g/mol. The minimum Gasteiger partial charge on any atom is -0.465 e. The summed E-state index contributed by atoms with van der Waals surface area (Å²) < 4.78 is 4.78. The van der Waals surface area contributed by atoms with Gasteiger partial charge in [0, 0.05) is 0 Å². The third kappa shape index (κ3) is 3.99. The van der Waals surface area contributed by atoms with Gasteiger partial charge in [-0.1, -0.05) is 5.92 Å².